The molecule has 0 unspecified atom stereocenters. The molecule has 9 heteroatoms. The molecule has 0 fully saturated rings. The monoisotopic (exact) mass is 330 g/mol. The molecular weight excluding hydrogens is 308 g/mol. The minimum absolute atomic E-state index is 0.0654. The zero-order chi connectivity index (χ0) is 16.8. The molecule has 0 aliphatic heterocycles. The SMILES string of the molecule is C=CCN(C(=O)n1cnc(S(=O)(=O)CCOCC)n1)C(C)C. The fraction of sp³-hybridized carbons (Fsp3) is 0.615. The normalized spacial score (nSPS) is 11.6. The fourth-order valence-corrected chi connectivity index (χ4v) is 2.61. The summed E-state index contributed by atoms with van der Waals surface area (Å²) in [5, 5.41) is 3.41. The van der Waals surface area contributed by atoms with Crippen molar-refractivity contribution in [2.24, 2.45) is 0 Å². The van der Waals surface area contributed by atoms with Gasteiger partial charge >= 0.3 is 6.03 Å². The zero-order valence-electron chi connectivity index (χ0n) is 13.1. The molecule has 0 atom stereocenters. The highest BCUT2D eigenvalue weighted by Crippen LogP contribution is 2.07. The van der Waals surface area contributed by atoms with Gasteiger partial charge in [0.1, 0.15) is 6.33 Å². The van der Waals surface area contributed by atoms with Crippen molar-refractivity contribution in [2.75, 3.05) is 25.5 Å². The van der Waals surface area contributed by atoms with Gasteiger partial charge in [-0.3, -0.25) is 0 Å². The van der Waals surface area contributed by atoms with Crippen LogP contribution >= 0.6 is 0 Å². The summed E-state index contributed by atoms with van der Waals surface area (Å²) in [7, 11) is -3.66. The van der Waals surface area contributed by atoms with Crippen LogP contribution in [0.5, 0.6) is 0 Å². The van der Waals surface area contributed by atoms with Crippen molar-refractivity contribution >= 4 is 15.9 Å². The Labute approximate surface area is 130 Å². The molecule has 124 valence electrons. The van der Waals surface area contributed by atoms with Gasteiger partial charge in [-0.05, 0) is 20.8 Å². The number of carbonyl (C=O) groups is 1. The van der Waals surface area contributed by atoms with Crippen LogP contribution in [0.3, 0.4) is 0 Å². The van der Waals surface area contributed by atoms with Gasteiger partial charge in [0.2, 0.25) is 9.84 Å². The van der Waals surface area contributed by atoms with Crippen LogP contribution in [0, 0.1) is 0 Å². The molecule has 0 N–H and O–H groups in total. The van der Waals surface area contributed by atoms with Crippen molar-refractivity contribution in [3.05, 3.63) is 19.0 Å². The van der Waals surface area contributed by atoms with E-state index in [1.165, 1.54) is 4.90 Å². The van der Waals surface area contributed by atoms with E-state index in [0.29, 0.717) is 13.2 Å². The maximum Gasteiger partial charge on any atom is 0.346 e. The van der Waals surface area contributed by atoms with E-state index in [0.717, 1.165) is 11.0 Å². The van der Waals surface area contributed by atoms with Gasteiger partial charge in [0, 0.05) is 19.2 Å². The molecule has 1 amide bonds. The third kappa shape index (κ3) is 4.63. The lowest BCUT2D eigenvalue weighted by atomic mass is 10.3. The third-order valence-electron chi connectivity index (χ3n) is 2.84. The minimum atomic E-state index is -3.66. The molecule has 0 saturated carbocycles. The second-order valence-corrected chi connectivity index (χ2v) is 6.81. The molecular formula is C13H22N4O4S. The van der Waals surface area contributed by atoms with Crippen LogP contribution in [-0.4, -0.2) is 65.7 Å². The van der Waals surface area contributed by atoms with Crippen molar-refractivity contribution < 1.29 is 17.9 Å². The largest absolute Gasteiger partial charge is 0.381 e. The summed E-state index contributed by atoms with van der Waals surface area (Å²) in [5.74, 6) is -0.223. The Bertz CT molecular complexity index is 609. The first-order chi connectivity index (χ1) is 10.3. The van der Waals surface area contributed by atoms with Crippen molar-refractivity contribution in [1.29, 1.82) is 0 Å². The summed E-state index contributed by atoms with van der Waals surface area (Å²) >= 11 is 0. The van der Waals surface area contributed by atoms with Gasteiger partial charge in [-0.15, -0.1) is 11.7 Å². The number of rotatable bonds is 8. The summed E-state index contributed by atoms with van der Waals surface area (Å²) in [6.07, 6.45) is 2.70. The van der Waals surface area contributed by atoms with E-state index in [9.17, 15) is 13.2 Å². The third-order valence-corrected chi connectivity index (χ3v) is 4.29. The molecule has 22 heavy (non-hydrogen) atoms. The van der Waals surface area contributed by atoms with Gasteiger partial charge in [-0.1, -0.05) is 6.08 Å². The summed E-state index contributed by atoms with van der Waals surface area (Å²) in [5.41, 5.74) is 0. The van der Waals surface area contributed by atoms with Crippen LogP contribution in [0.4, 0.5) is 4.79 Å². The molecule has 0 radical (unpaired) electrons. The molecule has 1 aromatic heterocycles. The predicted molar refractivity (Wildman–Crippen MR) is 81.4 cm³/mol. The highest BCUT2D eigenvalue weighted by Gasteiger charge is 2.24. The van der Waals surface area contributed by atoms with Crippen molar-refractivity contribution in [1.82, 2.24) is 19.7 Å². The first kappa shape index (κ1) is 18.3. The number of nitrogens with zero attached hydrogens (tertiary/aromatic N) is 4. The number of amides is 1. The van der Waals surface area contributed by atoms with Crippen molar-refractivity contribution in [2.45, 2.75) is 32.0 Å². The molecule has 0 saturated heterocycles. The van der Waals surface area contributed by atoms with Crippen molar-refractivity contribution in [3.63, 3.8) is 0 Å². The van der Waals surface area contributed by atoms with E-state index in [1.54, 1.807) is 13.0 Å². The lowest BCUT2D eigenvalue weighted by Gasteiger charge is -2.24. The predicted octanol–water partition coefficient (Wildman–Crippen LogP) is 0.953. The number of ether oxygens (including phenoxy) is 1. The summed E-state index contributed by atoms with van der Waals surface area (Å²) in [6.45, 7) is 9.90. The average Bonchev–Trinajstić information content (AvgIpc) is 2.94. The smallest absolute Gasteiger partial charge is 0.346 e. The van der Waals surface area contributed by atoms with Crippen LogP contribution < -0.4 is 0 Å². The van der Waals surface area contributed by atoms with Gasteiger partial charge in [0.25, 0.3) is 5.16 Å². The Hall–Kier alpha value is -1.74. The van der Waals surface area contributed by atoms with Crippen LogP contribution in [0.1, 0.15) is 20.8 Å². The molecule has 1 rings (SSSR count). The van der Waals surface area contributed by atoms with E-state index in [-0.39, 0.29) is 23.6 Å². The van der Waals surface area contributed by atoms with Gasteiger partial charge in [0.15, 0.2) is 0 Å². The van der Waals surface area contributed by atoms with E-state index in [1.807, 2.05) is 13.8 Å². The van der Waals surface area contributed by atoms with E-state index >= 15 is 0 Å². The van der Waals surface area contributed by atoms with E-state index in [4.69, 9.17) is 4.74 Å². The van der Waals surface area contributed by atoms with Gasteiger partial charge in [-0.25, -0.2) is 18.2 Å². The molecule has 0 bridgehead atoms. The Balaban J connectivity index is 2.90. The number of aromatic nitrogens is 3. The summed E-state index contributed by atoms with van der Waals surface area (Å²) in [6, 6.07) is -0.527. The molecule has 0 aliphatic carbocycles. The second kappa shape index (κ2) is 8.04. The number of hydrogen-bond donors (Lipinski definition) is 0. The Morgan fingerprint density at radius 2 is 2.23 bits per heavy atom. The number of hydrogen-bond acceptors (Lipinski definition) is 6. The van der Waals surface area contributed by atoms with Crippen molar-refractivity contribution in [3.8, 4) is 0 Å². The Morgan fingerprint density at radius 1 is 1.55 bits per heavy atom. The summed E-state index contributed by atoms with van der Waals surface area (Å²) < 4.78 is 30.0. The fourth-order valence-electron chi connectivity index (χ4n) is 1.67. The Kier molecular flexibility index (Phi) is 6.69. The molecule has 0 aliphatic rings. The minimum Gasteiger partial charge on any atom is -0.381 e. The topological polar surface area (TPSA) is 94.4 Å². The maximum absolute atomic E-state index is 12.3. The highest BCUT2D eigenvalue weighted by molar-refractivity contribution is 7.91. The van der Waals surface area contributed by atoms with Crippen LogP contribution in [0.2, 0.25) is 0 Å². The van der Waals surface area contributed by atoms with E-state index < -0.39 is 15.9 Å². The van der Waals surface area contributed by atoms with Crippen LogP contribution in [0.25, 0.3) is 0 Å². The van der Waals surface area contributed by atoms with Gasteiger partial charge < -0.3 is 9.64 Å². The molecule has 8 nitrogen and oxygen atoms in total. The lowest BCUT2D eigenvalue weighted by Crippen LogP contribution is -2.40. The zero-order valence-corrected chi connectivity index (χ0v) is 13.9. The number of carbonyl (C=O) groups excluding carboxylic acids is 1. The molecule has 1 aromatic rings. The first-order valence-electron chi connectivity index (χ1n) is 6.97. The van der Waals surface area contributed by atoms with Gasteiger partial charge in [-0.2, -0.15) is 4.68 Å². The van der Waals surface area contributed by atoms with Crippen LogP contribution in [-0.2, 0) is 14.6 Å². The van der Waals surface area contributed by atoms with Crippen LogP contribution in [0.15, 0.2) is 24.1 Å². The number of sulfone groups is 1. The van der Waals surface area contributed by atoms with E-state index in [2.05, 4.69) is 16.7 Å². The molecule has 0 aromatic carbocycles. The summed E-state index contributed by atoms with van der Waals surface area (Å²) in [4.78, 5) is 17.5. The molecule has 1 heterocycles. The Morgan fingerprint density at radius 3 is 2.77 bits per heavy atom. The maximum atomic E-state index is 12.3. The van der Waals surface area contributed by atoms with Gasteiger partial charge in [0.05, 0.1) is 12.4 Å². The quantitative estimate of drug-likeness (QED) is 0.520. The molecule has 0 spiro atoms. The lowest BCUT2D eigenvalue weighted by molar-refractivity contribution is 0.163. The standard InChI is InChI=1S/C13H22N4O4S/c1-5-7-16(11(3)4)13(18)17-10-14-12(15-17)22(19,20)9-8-21-6-2/h5,10-11H,1,6-9H2,2-4H3. The first-order valence-corrected chi connectivity index (χ1v) is 8.62. The highest BCUT2D eigenvalue weighted by atomic mass is 32.2. The average molecular weight is 330 g/mol. The second-order valence-electron chi connectivity index (χ2n) is 4.80.